The van der Waals surface area contributed by atoms with Crippen molar-refractivity contribution in [2.75, 3.05) is 6.26 Å². The zero-order chi connectivity index (χ0) is 10.2. The SMILES string of the molecule is CS(=O)(=O)c1c(Cl)nc(Cl)nc1Cl. The van der Waals surface area contributed by atoms with Crippen LogP contribution in [0.5, 0.6) is 0 Å². The molecule has 0 spiro atoms. The van der Waals surface area contributed by atoms with Gasteiger partial charge in [0.15, 0.2) is 20.1 Å². The molecular formula is C5H3Cl3N2O2S. The van der Waals surface area contributed by atoms with Crippen LogP contribution in [0.1, 0.15) is 0 Å². The molecular weight excluding hydrogens is 258 g/mol. The lowest BCUT2D eigenvalue weighted by Gasteiger charge is -2.02. The van der Waals surface area contributed by atoms with Gasteiger partial charge in [0.05, 0.1) is 0 Å². The van der Waals surface area contributed by atoms with Crippen molar-refractivity contribution in [1.29, 1.82) is 0 Å². The summed E-state index contributed by atoms with van der Waals surface area (Å²) < 4.78 is 22.2. The third-order valence-corrected chi connectivity index (χ3v) is 3.19. The van der Waals surface area contributed by atoms with Crippen molar-refractivity contribution >= 4 is 44.6 Å². The van der Waals surface area contributed by atoms with E-state index in [-0.39, 0.29) is 20.5 Å². The molecule has 1 heterocycles. The van der Waals surface area contributed by atoms with Crippen LogP contribution in [0.3, 0.4) is 0 Å². The monoisotopic (exact) mass is 260 g/mol. The maximum absolute atomic E-state index is 11.1. The Bertz CT molecular complexity index is 422. The zero-order valence-corrected chi connectivity index (χ0v) is 9.34. The van der Waals surface area contributed by atoms with Crippen LogP contribution >= 0.6 is 34.8 Å². The minimum absolute atomic E-state index is 0.192. The highest BCUT2D eigenvalue weighted by atomic mass is 35.5. The van der Waals surface area contributed by atoms with Crippen molar-refractivity contribution in [1.82, 2.24) is 9.97 Å². The van der Waals surface area contributed by atoms with Gasteiger partial charge in [-0.2, -0.15) is 0 Å². The Morgan fingerprint density at radius 3 is 1.77 bits per heavy atom. The number of halogens is 3. The number of nitrogens with zero attached hydrogens (tertiary/aromatic N) is 2. The van der Waals surface area contributed by atoms with E-state index < -0.39 is 9.84 Å². The van der Waals surface area contributed by atoms with Gasteiger partial charge in [-0.15, -0.1) is 0 Å². The van der Waals surface area contributed by atoms with Crippen molar-refractivity contribution in [2.45, 2.75) is 4.90 Å². The lowest BCUT2D eigenvalue weighted by Crippen LogP contribution is -2.02. The molecule has 13 heavy (non-hydrogen) atoms. The number of rotatable bonds is 1. The van der Waals surface area contributed by atoms with E-state index in [0.29, 0.717) is 0 Å². The van der Waals surface area contributed by atoms with Crippen LogP contribution in [0.15, 0.2) is 4.90 Å². The van der Waals surface area contributed by atoms with E-state index in [2.05, 4.69) is 9.97 Å². The van der Waals surface area contributed by atoms with Gasteiger partial charge in [-0.1, -0.05) is 23.2 Å². The topological polar surface area (TPSA) is 59.9 Å². The zero-order valence-electron chi connectivity index (χ0n) is 6.25. The van der Waals surface area contributed by atoms with E-state index in [1.807, 2.05) is 0 Å². The van der Waals surface area contributed by atoms with Gasteiger partial charge in [0.2, 0.25) is 5.28 Å². The first-order valence-corrected chi connectivity index (χ1v) is 5.93. The fraction of sp³-hybridized carbons (Fsp3) is 0.200. The van der Waals surface area contributed by atoms with Gasteiger partial charge in [-0.05, 0) is 11.6 Å². The average molecular weight is 262 g/mol. The first-order valence-electron chi connectivity index (χ1n) is 2.91. The van der Waals surface area contributed by atoms with Crippen molar-refractivity contribution in [3.8, 4) is 0 Å². The summed E-state index contributed by atoms with van der Waals surface area (Å²) in [5.74, 6) is 0. The maximum Gasteiger partial charge on any atom is 0.225 e. The van der Waals surface area contributed by atoms with E-state index >= 15 is 0 Å². The van der Waals surface area contributed by atoms with Crippen LogP contribution in [0.4, 0.5) is 0 Å². The molecule has 0 aromatic carbocycles. The highest BCUT2D eigenvalue weighted by Crippen LogP contribution is 2.26. The van der Waals surface area contributed by atoms with Crippen molar-refractivity contribution in [2.24, 2.45) is 0 Å². The predicted molar refractivity (Wildman–Crippen MR) is 50.2 cm³/mol. The molecule has 0 aliphatic rings. The fourth-order valence-electron chi connectivity index (χ4n) is 0.680. The Kier molecular flexibility index (Phi) is 3.01. The highest BCUT2D eigenvalue weighted by Gasteiger charge is 2.20. The third kappa shape index (κ3) is 2.43. The number of sulfone groups is 1. The minimum atomic E-state index is -3.53. The summed E-state index contributed by atoms with van der Waals surface area (Å²) >= 11 is 16.4. The second-order valence-corrected chi connectivity index (χ2v) is 5.18. The first-order chi connectivity index (χ1) is 5.82. The summed E-state index contributed by atoms with van der Waals surface area (Å²) in [6.07, 6.45) is 0.956. The van der Waals surface area contributed by atoms with Crippen LogP contribution in [0.25, 0.3) is 0 Å². The van der Waals surface area contributed by atoms with E-state index in [1.165, 1.54) is 0 Å². The normalized spacial score (nSPS) is 11.7. The molecule has 8 heteroatoms. The van der Waals surface area contributed by atoms with Gasteiger partial charge in [0, 0.05) is 6.26 Å². The molecule has 1 aromatic heterocycles. The Hall–Kier alpha value is -0.100. The van der Waals surface area contributed by atoms with E-state index in [9.17, 15) is 8.42 Å². The molecule has 4 nitrogen and oxygen atoms in total. The van der Waals surface area contributed by atoms with Crippen LogP contribution in [-0.4, -0.2) is 24.6 Å². The molecule has 0 fully saturated rings. The van der Waals surface area contributed by atoms with Crippen LogP contribution in [-0.2, 0) is 9.84 Å². The summed E-state index contributed by atoms with van der Waals surface area (Å²) in [6.45, 7) is 0. The largest absolute Gasteiger partial charge is 0.225 e. The number of aromatic nitrogens is 2. The van der Waals surface area contributed by atoms with E-state index in [1.54, 1.807) is 0 Å². The molecule has 1 aromatic rings. The van der Waals surface area contributed by atoms with Crippen LogP contribution in [0, 0.1) is 0 Å². The Balaban J connectivity index is 3.57. The van der Waals surface area contributed by atoms with Crippen molar-refractivity contribution in [3.05, 3.63) is 15.6 Å². The molecule has 0 amide bonds. The van der Waals surface area contributed by atoms with Crippen molar-refractivity contribution in [3.63, 3.8) is 0 Å². The summed E-state index contributed by atoms with van der Waals surface area (Å²) in [5, 5.41) is -0.734. The lowest BCUT2D eigenvalue weighted by molar-refractivity contribution is 0.601. The fourth-order valence-corrected chi connectivity index (χ4v) is 2.87. The Labute approximate surface area is 89.8 Å². The lowest BCUT2D eigenvalue weighted by atomic mass is 10.7. The predicted octanol–water partition coefficient (Wildman–Crippen LogP) is 1.84. The molecule has 0 radical (unpaired) electrons. The summed E-state index contributed by atoms with van der Waals surface area (Å²) in [7, 11) is -3.53. The summed E-state index contributed by atoms with van der Waals surface area (Å²) in [6, 6.07) is 0. The molecule has 0 bridgehead atoms. The van der Waals surface area contributed by atoms with Gasteiger partial charge in [-0.25, -0.2) is 18.4 Å². The molecule has 0 unspecified atom stereocenters. The molecule has 0 atom stereocenters. The first kappa shape index (κ1) is 11.0. The minimum Gasteiger partial charge on any atom is -0.224 e. The summed E-state index contributed by atoms with van der Waals surface area (Å²) in [5.41, 5.74) is 0. The van der Waals surface area contributed by atoms with Gasteiger partial charge in [-0.3, -0.25) is 0 Å². The second-order valence-electron chi connectivity index (χ2n) is 2.18. The quantitative estimate of drug-likeness (QED) is 0.572. The van der Waals surface area contributed by atoms with Gasteiger partial charge >= 0.3 is 0 Å². The maximum atomic E-state index is 11.1. The number of hydrogen-bond donors (Lipinski definition) is 0. The van der Waals surface area contributed by atoms with Gasteiger partial charge in [0.1, 0.15) is 4.90 Å². The summed E-state index contributed by atoms with van der Waals surface area (Å²) in [4.78, 5) is 6.61. The Morgan fingerprint density at radius 1 is 1.08 bits per heavy atom. The van der Waals surface area contributed by atoms with Crippen molar-refractivity contribution < 1.29 is 8.42 Å². The van der Waals surface area contributed by atoms with Crippen LogP contribution < -0.4 is 0 Å². The van der Waals surface area contributed by atoms with E-state index in [0.717, 1.165) is 6.26 Å². The number of hydrogen-bond acceptors (Lipinski definition) is 4. The molecule has 0 saturated carbocycles. The molecule has 1 rings (SSSR count). The average Bonchev–Trinajstić information content (AvgIpc) is 1.78. The highest BCUT2D eigenvalue weighted by molar-refractivity contribution is 7.91. The second kappa shape index (κ2) is 3.57. The smallest absolute Gasteiger partial charge is 0.224 e. The van der Waals surface area contributed by atoms with Crippen LogP contribution in [0.2, 0.25) is 15.6 Å². The standard InChI is InChI=1S/C5H3Cl3N2O2S/c1-13(11,12)2-3(6)9-5(8)10-4(2)7/h1H3. The van der Waals surface area contributed by atoms with Gasteiger partial charge in [0.25, 0.3) is 0 Å². The van der Waals surface area contributed by atoms with E-state index in [4.69, 9.17) is 34.8 Å². The molecule has 0 saturated heterocycles. The van der Waals surface area contributed by atoms with Gasteiger partial charge < -0.3 is 0 Å². The molecule has 0 aliphatic carbocycles. The Morgan fingerprint density at radius 2 is 1.46 bits per heavy atom. The molecule has 72 valence electrons. The molecule has 0 N–H and O–H groups in total. The third-order valence-electron chi connectivity index (χ3n) is 1.13. The molecule has 0 aliphatic heterocycles.